The van der Waals surface area contributed by atoms with Crippen molar-refractivity contribution in [1.82, 2.24) is 9.97 Å². The number of alkyl halides is 3. The quantitative estimate of drug-likeness (QED) is 0.743. The van der Waals surface area contributed by atoms with E-state index in [1.165, 1.54) is 0 Å². The molecule has 0 aliphatic carbocycles. The topological polar surface area (TPSA) is 52.1 Å². The molecule has 0 saturated heterocycles. The minimum Gasteiger partial charge on any atom is -0.464 e. The highest BCUT2D eigenvalue weighted by Gasteiger charge is 2.36. The SMILES string of the molecule is CCOc1ncc(CC=O)c(C(F)(F)F)n1. The molecule has 0 radical (unpaired) electrons. The second-order valence-electron chi connectivity index (χ2n) is 2.83. The molecule has 0 aliphatic rings. The number of ether oxygens (including phenoxy) is 1. The van der Waals surface area contributed by atoms with Gasteiger partial charge in [0.1, 0.15) is 6.29 Å². The zero-order chi connectivity index (χ0) is 12.2. The predicted octanol–water partition coefficient (Wildman–Crippen LogP) is 1.64. The Labute approximate surface area is 89.5 Å². The Balaban J connectivity index is 3.15. The third-order valence-corrected chi connectivity index (χ3v) is 1.69. The summed E-state index contributed by atoms with van der Waals surface area (Å²) in [5.74, 6) is 0. The van der Waals surface area contributed by atoms with Gasteiger partial charge in [0.15, 0.2) is 5.69 Å². The Morgan fingerprint density at radius 2 is 2.19 bits per heavy atom. The van der Waals surface area contributed by atoms with Crippen molar-refractivity contribution in [2.45, 2.75) is 19.5 Å². The largest absolute Gasteiger partial charge is 0.464 e. The summed E-state index contributed by atoms with van der Waals surface area (Å²) in [6.07, 6.45) is -3.67. The van der Waals surface area contributed by atoms with Gasteiger partial charge in [0.25, 0.3) is 0 Å². The molecular weight excluding hydrogens is 225 g/mol. The van der Waals surface area contributed by atoms with Gasteiger partial charge in [-0.1, -0.05) is 0 Å². The number of nitrogens with zero attached hydrogens (tertiary/aromatic N) is 2. The molecule has 0 bridgehead atoms. The molecule has 16 heavy (non-hydrogen) atoms. The summed E-state index contributed by atoms with van der Waals surface area (Å²) < 4.78 is 42.4. The molecule has 0 N–H and O–H groups in total. The predicted molar refractivity (Wildman–Crippen MR) is 48.0 cm³/mol. The number of halogens is 3. The molecule has 1 aromatic rings. The Kier molecular flexibility index (Phi) is 3.81. The van der Waals surface area contributed by atoms with Crippen molar-refractivity contribution < 1.29 is 22.7 Å². The van der Waals surface area contributed by atoms with E-state index in [1.54, 1.807) is 6.92 Å². The average molecular weight is 234 g/mol. The van der Waals surface area contributed by atoms with Gasteiger partial charge >= 0.3 is 12.2 Å². The van der Waals surface area contributed by atoms with E-state index in [0.717, 1.165) is 6.20 Å². The van der Waals surface area contributed by atoms with Crippen LogP contribution < -0.4 is 4.74 Å². The van der Waals surface area contributed by atoms with Crippen LogP contribution in [0.5, 0.6) is 6.01 Å². The summed E-state index contributed by atoms with van der Waals surface area (Å²) >= 11 is 0. The number of aldehydes is 1. The second kappa shape index (κ2) is 4.91. The maximum atomic E-state index is 12.5. The maximum Gasteiger partial charge on any atom is 0.433 e. The Morgan fingerprint density at radius 3 is 2.69 bits per heavy atom. The number of aromatic nitrogens is 2. The van der Waals surface area contributed by atoms with Crippen LogP contribution in [0.3, 0.4) is 0 Å². The van der Waals surface area contributed by atoms with Crippen LogP contribution in [0.1, 0.15) is 18.2 Å². The number of hydrogen-bond donors (Lipinski definition) is 0. The van der Waals surface area contributed by atoms with Gasteiger partial charge in [0.05, 0.1) is 6.61 Å². The summed E-state index contributed by atoms with van der Waals surface area (Å²) in [6.45, 7) is 1.78. The summed E-state index contributed by atoms with van der Waals surface area (Å²) in [6, 6.07) is -0.343. The van der Waals surface area contributed by atoms with E-state index in [-0.39, 0.29) is 24.6 Å². The highest BCUT2D eigenvalue weighted by atomic mass is 19.4. The molecule has 0 spiro atoms. The van der Waals surface area contributed by atoms with Crippen LogP contribution in [0.4, 0.5) is 13.2 Å². The zero-order valence-corrected chi connectivity index (χ0v) is 8.41. The number of hydrogen-bond acceptors (Lipinski definition) is 4. The van der Waals surface area contributed by atoms with E-state index < -0.39 is 11.9 Å². The molecule has 0 aromatic carbocycles. The van der Waals surface area contributed by atoms with Gasteiger partial charge in [0, 0.05) is 18.2 Å². The van der Waals surface area contributed by atoms with Crippen LogP contribution in [0.15, 0.2) is 6.20 Å². The molecule has 1 heterocycles. The minimum absolute atomic E-state index is 0.171. The number of rotatable bonds is 4. The van der Waals surface area contributed by atoms with Crippen LogP contribution in [0.25, 0.3) is 0 Å². The van der Waals surface area contributed by atoms with E-state index in [2.05, 4.69) is 9.97 Å². The lowest BCUT2D eigenvalue weighted by Crippen LogP contribution is -2.14. The molecule has 0 fully saturated rings. The van der Waals surface area contributed by atoms with E-state index >= 15 is 0 Å². The monoisotopic (exact) mass is 234 g/mol. The molecular formula is C9H9F3N2O2. The van der Waals surface area contributed by atoms with E-state index in [0.29, 0.717) is 6.29 Å². The average Bonchev–Trinajstić information content (AvgIpc) is 2.19. The van der Waals surface area contributed by atoms with Crippen LogP contribution in [0.2, 0.25) is 0 Å². The molecule has 0 unspecified atom stereocenters. The fraction of sp³-hybridized carbons (Fsp3) is 0.444. The van der Waals surface area contributed by atoms with E-state index in [1.807, 2.05) is 0 Å². The fourth-order valence-electron chi connectivity index (χ4n) is 1.07. The lowest BCUT2D eigenvalue weighted by molar-refractivity contribution is -0.142. The number of carbonyl (C=O) groups is 1. The van der Waals surface area contributed by atoms with Crippen molar-refractivity contribution >= 4 is 6.29 Å². The zero-order valence-electron chi connectivity index (χ0n) is 8.41. The van der Waals surface area contributed by atoms with Crippen molar-refractivity contribution in [3.8, 4) is 6.01 Å². The standard InChI is InChI=1S/C9H9F3N2O2/c1-2-16-8-13-5-6(3-4-15)7(14-8)9(10,11)12/h4-5H,2-3H2,1H3. The van der Waals surface area contributed by atoms with Crippen molar-refractivity contribution in [1.29, 1.82) is 0 Å². The molecule has 0 atom stereocenters. The smallest absolute Gasteiger partial charge is 0.433 e. The van der Waals surface area contributed by atoms with Gasteiger partial charge in [-0.25, -0.2) is 4.98 Å². The Hall–Kier alpha value is -1.66. The van der Waals surface area contributed by atoms with Crippen LogP contribution >= 0.6 is 0 Å². The molecule has 7 heteroatoms. The third-order valence-electron chi connectivity index (χ3n) is 1.69. The van der Waals surface area contributed by atoms with Crippen molar-refractivity contribution in [2.24, 2.45) is 0 Å². The molecule has 1 aromatic heterocycles. The lowest BCUT2D eigenvalue weighted by Gasteiger charge is -2.10. The summed E-state index contributed by atoms with van der Waals surface area (Å²) in [5.41, 5.74) is -1.39. The van der Waals surface area contributed by atoms with Crippen molar-refractivity contribution in [3.05, 3.63) is 17.5 Å². The first kappa shape index (κ1) is 12.4. The van der Waals surface area contributed by atoms with E-state index in [4.69, 9.17) is 4.74 Å². The van der Waals surface area contributed by atoms with Crippen LogP contribution in [0, 0.1) is 0 Å². The molecule has 88 valence electrons. The first-order valence-electron chi connectivity index (χ1n) is 4.48. The van der Waals surface area contributed by atoms with Gasteiger partial charge in [-0.05, 0) is 6.92 Å². The lowest BCUT2D eigenvalue weighted by atomic mass is 10.2. The highest BCUT2D eigenvalue weighted by Crippen LogP contribution is 2.31. The van der Waals surface area contributed by atoms with Gasteiger partial charge in [-0.15, -0.1) is 0 Å². The molecule has 0 saturated carbocycles. The molecule has 0 aliphatic heterocycles. The van der Waals surface area contributed by atoms with E-state index in [9.17, 15) is 18.0 Å². The molecule has 1 rings (SSSR count). The van der Waals surface area contributed by atoms with Crippen molar-refractivity contribution in [3.63, 3.8) is 0 Å². The fourth-order valence-corrected chi connectivity index (χ4v) is 1.07. The molecule has 4 nitrogen and oxygen atoms in total. The third kappa shape index (κ3) is 2.91. The number of carbonyl (C=O) groups excluding carboxylic acids is 1. The highest BCUT2D eigenvalue weighted by molar-refractivity contribution is 5.55. The van der Waals surface area contributed by atoms with Crippen LogP contribution in [-0.2, 0) is 17.4 Å². The van der Waals surface area contributed by atoms with Crippen LogP contribution in [-0.4, -0.2) is 22.9 Å². The van der Waals surface area contributed by atoms with Gasteiger partial charge < -0.3 is 9.53 Å². The Morgan fingerprint density at radius 1 is 1.50 bits per heavy atom. The Bertz CT molecular complexity index is 380. The molecule has 0 amide bonds. The summed E-state index contributed by atoms with van der Waals surface area (Å²) in [7, 11) is 0. The first-order valence-corrected chi connectivity index (χ1v) is 4.48. The summed E-state index contributed by atoms with van der Waals surface area (Å²) in [5, 5.41) is 0. The normalized spacial score (nSPS) is 11.2. The minimum atomic E-state index is -4.62. The second-order valence-corrected chi connectivity index (χ2v) is 2.83. The summed E-state index contributed by atoms with van der Waals surface area (Å²) in [4.78, 5) is 17.0. The first-order chi connectivity index (χ1) is 7.49. The maximum absolute atomic E-state index is 12.5. The van der Waals surface area contributed by atoms with Gasteiger partial charge in [-0.2, -0.15) is 18.2 Å². The van der Waals surface area contributed by atoms with Gasteiger partial charge in [0.2, 0.25) is 0 Å². The van der Waals surface area contributed by atoms with Crippen molar-refractivity contribution in [2.75, 3.05) is 6.61 Å². The van der Waals surface area contributed by atoms with Gasteiger partial charge in [-0.3, -0.25) is 0 Å².